The summed E-state index contributed by atoms with van der Waals surface area (Å²) in [6, 6.07) is 8.07. The molecule has 0 amide bonds. The van der Waals surface area contributed by atoms with Gasteiger partial charge in [0.25, 0.3) is 0 Å². The lowest BCUT2D eigenvalue weighted by Gasteiger charge is -2.17. The van der Waals surface area contributed by atoms with Gasteiger partial charge in [-0.25, -0.2) is 9.97 Å². The van der Waals surface area contributed by atoms with Crippen molar-refractivity contribution in [1.82, 2.24) is 19.5 Å². The summed E-state index contributed by atoms with van der Waals surface area (Å²) in [5, 5.41) is 0. The maximum atomic E-state index is 5.90. The second kappa shape index (κ2) is 5.59. The van der Waals surface area contributed by atoms with Gasteiger partial charge in [-0.3, -0.25) is 4.98 Å². The predicted molar refractivity (Wildman–Crippen MR) is 80.0 cm³/mol. The van der Waals surface area contributed by atoms with Crippen LogP contribution in [-0.4, -0.2) is 25.4 Å². The van der Waals surface area contributed by atoms with Crippen LogP contribution in [0.15, 0.2) is 42.9 Å². The van der Waals surface area contributed by atoms with E-state index >= 15 is 0 Å². The monoisotopic (exact) mass is 286 g/mol. The van der Waals surface area contributed by atoms with Gasteiger partial charge < -0.3 is 4.57 Å². The molecule has 0 N–H and O–H groups in total. The Bertz CT molecular complexity index is 708. The van der Waals surface area contributed by atoms with Crippen LogP contribution in [0.2, 0.25) is 0 Å². The van der Waals surface area contributed by atoms with Crippen molar-refractivity contribution in [3.05, 3.63) is 54.2 Å². The first-order valence-corrected chi connectivity index (χ1v) is 7.12. The summed E-state index contributed by atoms with van der Waals surface area (Å²) < 4.78 is 2.16. The number of nitrogens with zero attached hydrogens (tertiary/aromatic N) is 4. The van der Waals surface area contributed by atoms with E-state index in [1.165, 1.54) is 5.56 Å². The van der Waals surface area contributed by atoms with Crippen molar-refractivity contribution in [2.45, 2.75) is 19.4 Å². The Morgan fingerprint density at radius 2 is 2.00 bits per heavy atom. The number of alkyl halides is 1. The van der Waals surface area contributed by atoms with Crippen LogP contribution in [0.25, 0.3) is 11.2 Å². The van der Waals surface area contributed by atoms with Gasteiger partial charge in [-0.1, -0.05) is 0 Å². The summed E-state index contributed by atoms with van der Waals surface area (Å²) in [7, 11) is 0. The van der Waals surface area contributed by atoms with Gasteiger partial charge in [0, 0.05) is 30.9 Å². The van der Waals surface area contributed by atoms with Crippen molar-refractivity contribution in [2.24, 2.45) is 0 Å². The number of pyridine rings is 2. The highest BCUT2D eigenvalue weighted by molar-refractivity contribution is 6.17. The summed E-state index contributed by atoms with van der Waals surface area (Å²) in [6.07, 6.45) is 6.14. The van der Waals surface area contributed by atoms with Crippen LogP contribution in [0.5, 0.6) is 0 Å². The zero-order valence-electron chi connectivity index (χ0n) is 11.2. The fourth-order valence-electron chi connectivity index (χ4n) is 2.44. The van der Waals surface area contributed by atoms with Crippen LogP contribution >= 0.6 is 11.6 Å². The van der Waals surface area contributed by atoms with E-state index in [1.54, 1.807) is 18.6 Å². The molecule has 3 aromatic heterocycles. The van der Waals surface area contributed by atoms with E-state index in [0.29, 0.717) is 5.88 Å². The second-order valence-corrected chi connectivity index (χ2v) is 5.02. The third kappa shape index (κ3) is 2.27. The average molecular weight is 287 g/mol. The molecule has 0 aliphatic carbocycles. The molecule has 3 rings (SSSR count). The van der Waals surface area contributed by atoms with E-state index in [4.69, 9.17) is 11.6 Å². The second-order valence-electron chi connectivity index (χ2n) is 4.64. The van der Waals surface area contributed by atoms with Crippen LogP contribution in [0.1, 0.15) is 24.4 Å². The number of imidazole rings is 1. The molecular formula is C15H15ClN4. The number of rotatable bonds is 4. The van der Waals surface area contributed by atoms with E-state index < -0.39 is 0 Å². The first-order chi connectivity index (χ1) is 9.81. The van der Waals surface area contributed by atoms with Gasteiger partial charge in [-0.05, 0) is 36.8 Å². The predicted octanol–water partition coefficient (Wildman–Crippen LogP) is 3.22. The molecule has 0 aliphatic rings. The molecule has 3 heterocycles. The van der Waals surface area contributed by atoms with E-state index in [2.05, 4.69) is 26.4 Å². The normalized spacial score (nSPS) is 12.7. The van der Waals surface area contributed by atoms with E-state index in [1.807, 2.05) is 24.3 Å². The molecule has 0 spiro atoms. The van der Waals surface area contributed by atoms with E-state index in [0.717, 1.165) is 23.4 Å². The number of halogens is 1. The molecule has 3 aromatic rings. The highest BCUT2D eigenvalue weighted by Gasteiger charge is 2.17. The fraction of sp³-hybridized carbons (Fsp3) is 0.267. The third-order valence-electron chi connectivity index (χ3n) is 3.42. The zero-order chi connectivity index (χ0) is 13.9. The molecule has 0 saturated carbocycles. The Kier molecular flexibility index (Phi) is 3.65. The molecule has 1 unspecified atom stereocenters. The van der Waals surface area contributed by atoms with Crippen molar-refractivity contribution in [1.29, 1.82) is 0 Å². The van der Waals surface area contributed by atoms with Gasteiger partial charge in [0.05, 0.1) is 6.04 Å². The largest absolute Gasteiger partial charge is 0.305 e. The highest BCUT2D eigenvalue weighted by Crippen LogP contribution is 2.24. The number of aromatic nitrogens is 4. The molecule has 4 nitrogen and oxygen atoms in total. The van der Waals surface area contributed by atoms with Crippen molar-refractivity contribution < 1.29 is 0 Å². The quantitative estimate of drug-likeness (QED) is 0.692. The summed E-state index contributed by atoms with van der Waals surface area (Å²) in [5.74, 6) is 1.52. The van der Waals surface area contributed by atoms with Gasteiger partial charge in [0.15, 0.2) is 5.65 Å². The smallest absolute Gasteiger partial charge is 0.160 e. The molecule has 5 heteroatoms. The molecule has 0 bridgehead atoms. The Morgan fingerprint density at radius 3 is 2.75 bits per heavy atom. The fourth-order valence-corrected chi connectivity index (χ4v) is 2.60. The minimum atomic E-state index is 0.149. The Morgan fingerprint density at radius 1 is 1.20 bits per heavy atom. The molecule has 0 fully saturated rings. The van der Waals surface area contributed by atoms with Crippen LogP contribution in [0, 0.1) is 0 Å². The number of aryl methyl sites for hydroxylation is 1. The van der Waals surface area contributed by atoms with Gasteiger partial charge >= 0.3 is 0 Å². The zero-order valence-corrected chi connectivity index (χ0v) is 12.0. The molecule has 102 valence electrons. The Balaban J connectivity index is 2.15. The van der Waals surface area contributed by atoms with Gasteiger partial charge in [0.2, 0.25) is 0 Å². The lowest BCUT2D eigenvalue weighted by Crippen LogP contribution is -2.12. The Labute approximate surface area is 122 Å². The summed E-state index contributed by atoms with van der Waals surface area (Å²) in [6.45, 7) is 2.14. The van der Waals surface area contributed by atoms with Crippen LogP contribution in [0.3, 0.4) is 0 Å². The SMILES string of the molecule is CC(c1ccncc1)n1c(CCCl)nc2cccnc21. The van der Waals surface area contributed by atoms with Crippen LogP contribution in [0.4, 0.5) is 0 Å². The first-order valence-electron chi connectivity index (χ1n) is 6.59. The highest BCUT2D eigenvalue weighted by atomic mass is 35.5. The maximum absolute atomic E-state index is 5.90. The number of hydrogen-bond donors (Lipinski definition) is 0. The molecule has 0 radical (unpaired) electrons. The van der Waals surface area contributed by atoms with Crippen molar-refractivity contribution in [3.63, 3.8) is 0 Å². The van der Waals surface area contributed by atoms with Crippen molar-refractivity contribution in [3.8, 4) is 0 Å². The number of fused-ring (bicyclic) bond motifs is 1. The van der Waals surface area contributed by atoms with Gasteiger partial charge in [0.1, 0.15) is 11.3 Å². The molecule has 0 aliphatic heterocycles. The van der Waals surface area contributed by atoms with Crippen LogP contribution in [-0.2, 0) is 6.42 Å². The summed E-state index contributed by atoms with van der Waals surface area (Å²) >= 11 is 5.90. The maximum Gasteiger partial charge on any atom is 0.160 e. The molecular weight excluding hydrogens is 272 g/mol. The minimum absolute atomic E-state index is 0.149. The van der Waals surface area contributed by atoms with Crippen molar-refractivity contribution in [2.75, 3.05) is 5.88 Å². The minimum Gasteiger partial charge on any atom is -0.305 e. The van der Waals surface area contributed by atoms with Gasteiger partial charge in [-0.15, -0.1) is 11.6 Å². The summed E-state index contributed by atoms with van der Waals surface area (Å²) in [5.41, 5.74) is 2.99. The lowest BCUT2D eigenvalue weighted by molar-refractivity contribution is 0.618. The molecule has 1 atom stereocenters. The van der Waals surface area contributed by atoms with E-state index in [9.17, 15) is 0 Å². The standard InChI is InChI=1S/C15H15ClN4/c1-11(12-5-9-17-10-6-12)20-14(4-7-16)19-13-3-2-8-18-15(13)20/h2-3,5-6,8-11H,4,7H2,1H3. The van der Waals surface area contributed by atoms with Crippen molar-refractivity contribution >= 4 is 22.8 Å². The van der Waals surface area contributed by atoms with Crippen LogP contribution < -0.4 is 0 Å². The molecule has 0 saturated heterocycles. The molecule has 20 heavy (non-hydrogen) atoms. The third-order valence-corrected chi connectivity index (χ3v) is 3.60. The molecule has 0 aromatic carbocycles. The average Bonchev–Trinajstić information content (AvgIpc) is 2.86. The van der Waals surface area contributed by atoms with Gasteiger partial charge in [-0.2, -0.15) is 0 Å². The topological polar surface area (TPSA) is 43.6 Å². The van der Waals surface area contributed by atoms with E-state index in [-0.39, 0.29) is 6.04 Å². The number of hydrogen-bond acceptors (Lipinski definition) is 3. The Hall–Kier alpha value is -1.94. The summed E-state index contributed by atoms with van der Waals surface area (Å²) in [4.78, 5) is 13.2. The lowest BCUT2D eigenvalue weighted by atomic mass is 10.1. The first kappa shape index (κ1) is 13.1.